The molecule has 1 rings (SSSR count). The third-order valence-corrected chi connectivity index (χ3v) is 2.25. The second-order valence-electron chi connectivity index (χ2n) is 3.42. The number of hydrogen-bond acceptors (Lipinski definition) is 2. The van der Waals surface area contributed by atoms with Crippen LogP contribution in [-0.2, 0) is 4.79 Å². The van der Waals surface area contributed by atoms with Crippen LogP contribution >= 0.6 is 0 Å². The van der Waals surface area contributed by atoms with E-state index in [0.29, 0.717) is 13.0 Å². The minimum atomic E-state index is 0.115. The van der Waals surface area contributed by atoms with Crippen LogP contribution in [0.15, 0.2) is 24.3 Å². The van der Waals surface area contributed by atoms with Gasteiger partial charge in [0.15, 0.2) is 0 Å². The van der Waals surface area contributed by atoms with Crippen LogP contribution in [-0.4, -0.2) is 25.5 Å². The summed E-state index contributed by atoms with van der Waals surface area (Å²) in [4.78, 5) is 11.2. The molecule has 0 aromatic carbocycles. The Labute approximate surface area is 85.3 Å². The molecule has 2 N–H and O–H groups in total. The monoisotopic (exact) mass is 194 g/mol. The fraction of sp³-hybridized carbons (Fsp3) is 0.545. The molecule has 0 unspecified atom stereocenters. The number of carbonyl (C=O) groups excluding carboxylic acids is 1. The third-order valence-electron chi connectivity index (χ3n) is 2.25. The molecule has 0 atom stereocenters. The molecule has 1 heterocycles. The summed E-state index contributed by atoms with van der Waals surface area (Å²) in [6.45, 7) is 6.24. The van der Waals surface area contributed by atoms with E-state index in [9.17, 15) is 4.79 Å². The number of rotatable bonds is 5. The normalized spacial score (nSPS) is 15.9. The maximum atomic E-state index is 11.2. The molecule has 0 aromatic rings. The standard InChI is InChI=1S/C11H18N2O/c1-2-3-4-11(14)13-9-10-5-7-12-8-6-10/h2,5,12H,1,3-4,6-9H2,(H,13,14). The topological polar surface area (TPSA) is 41.1 Å². The predicted octanol–water partition coefficient (Wildman–Crippen LogP) is 0.988. The van der Waals surface area contributed by atoms with Crippen LogP contribution < -0.4 is 10.6 Å². The van der Waals surface area contributed by atoms with E-state index >= 15 is 0 Å². The average molecular weight is 194 g/mol. The maximum Gasteiger partial charge on any atom is 0.220 e. The van der Waals surface area contributed by atoms with Crippen molar-refractivity contribution in [2.45, 2.75) is 19.3 Å². The number of carbonyl (C=O) groups is 1. The number of allylic oxidation sites excluding steroid dienone is 1. The Balaban J connectivity index is 2.15. The minimum absolute atomic E-state index is 0.115. The molecule has 14 heavy (non-hydrogen) atoms. The highest BCUT2D eigenvalue weighted by atomic mass is 16.1. The van der Waals surface area contributed by atoms with Gasteiger partial charge in [0.05, 0.1) is 0 Å². The number of nitrogens with one attached hydrogen (secondary N) is 2. The fourth-order valence-electron chi connectivity index (χ4n) is 1.36. The van der Waals surface area contributed by atoms with Crippen molar-refractivity contribution in [3.63, 3.8) is 0 Å². The first kappa shape index (κ1) is 11.0. The lowest BCUT2D eigenvalue weighted by Crippen LogP contribution is -2.29. The Kier molecular flexibility index (Phi) is 5.00. The van der Waals surface area contributed by atoms with E-state index in [4.69, 9.17) is 0 Å². The molecule has 3 nitrogen and oxygen atoms in total. The summed E-state index contributed by atoms with van der Waals surface area (Å²) in [5.41, 5.74) is 1.33. The SMILES string of the molecule is C=CCCC(=O)NCC1=CCNCC1. The molecule has 1 aliphatic rings. The smallest absolute Gasteiger partial charge is 0.220 e. The lowest BCUT2D eigenvalue weighted by Gasteiger charge is -2.14. The summed E-state index contributed by atoms with van der Waals surface area (Å²) in [7, 11) is 0. The summed E-state index contributed by atoms with van der Waals surface area (Å²) < 4.78 is 0. The van der Waals surface area contributed by atoms with Crippen molar-refractivity contribution in [3.8, 4) is 0 Å². The first-order valence-corrected chi connectivity index (χ1v) is 5.09. The molecular weight excluding hydrogens is 176 g/mol. The molecular formula is C11H18N2O. The van der Waals surface area contributed by atoms with E-state index < -0.39 is 0 Å². The van der Waals surface area contributed by atoms with Crippen LogP contribution in [0.4, 0.5) is 0 Å². The first-order valence-electron chi connectivity index (χ1n) is 5.09. The molecule has 0 radical (unpaired) electrons. The van der Waals surface area contributed by atoms with Crippen LogP contribution in [0.5, 0.6) is 0 Å². The summed E-state index contributed by atoms with van der Waals surface area (Å²) in [6, 6.07) is 0. The highest BCUT2D eigenvalue weighted by Crippen LogP contribution is 2.02. The predicted molar refractivity (Wildman–Crippen MR) is 58.0 cm³/mol. The third kappa shape index (κ3) is 4.23. The lowest BCUT2D eigenvalue weighted by atomic mass is 10.1. The van der Waals surface area contributed by atoms with E-state index in [-0.39, 0.29) is 5.91 Å². The summed E-state index contributed by atoms with van der Waals surface area (Å²) in [5.74, 6) is 0.115. The van der Waals surface area contributed by atoms with Crippen molar-refractivity contribution in [1.29, 1.82) is 0 Å². The molecule has 0 saturated heterocycles. The number of amides is 1. The number of hydrogen-bond donors (Lipinski definition) is 2. The van der Waals surface area contributed by atoms with Crippen LogP contribution in [0.25, 0.3) is 0 Å². The van der Waals surface area contributed by atoms with Crippen LogP contribution in [0, 0.1) is 0 Å². The van der Waals surface area contributed by atoms with Gasteiger partial charge in [0.1, 0.15) is 0 Å². The Bertz CT molecular complexity index is 233. The molecule has 3 heteroatoms. The Morgan fingerprint density at radius 2 is 2.57 bits per heavy atom. The minimum Gasteiger partial charge on any atom is -0.352 e. The van der Waals surface area contributed by atoms with E-state index in [1.165, 1.54) is 5.57 Å². The second kappa shape index (κ2) is 6.38. The van der Waals surface area contributed by atoms with Gasteiger partial charge in [0, 0.05) is 19.5 Å². The van der Waals surface area contributed by atoms with E-state index in [1.54, 1.807) is 6.08 Å². The summed E-state index contributed by atoms with van der Waals surface area (Å²) >= 11 is 0. The molecule has 0 aliphatic carbocycles. The molecule has 0 saturated carbocycles. The Morgan fingerprint density at radius 3 is 3.21 bits per heavy atom. The van der Waals surface area contributed by atoms with Gasteiger partial charge in [-0.15, -0.1) is 6.58 Å². The zero-order chi connectivity index (χ0) is 10.2. The molecule has 78 valence electrons. The van der Waals surface area contributed by atoms with Gasteiger partial charge in [-0.25, -0.2) is 0 Å². The maximum absolute atomic E-state index is 11.2. The summed E-state index contributed by atoms with van der Waals surface area (Å²) in [5, 5.41) is 6.14. The average Bonchev–Trinajstić information content (AvgIpc) is 2.25. The molecule has 0 bridgehead atoms. The van der Waals surface area contributed by atoms with Gasteiger partial charge < -0.3 is 10.6 Å². The second-order valence-corrected chi connectivity index (χ2v) is 3.42. The Hall–Kier alpha value is -1.09. The van der Waals surface area contributed by atoms with E-state index in [1.807, 2.05) is 0 Å². The molecule has 0 aromatic heterocycles. The van der Waals surface area contributed by atoms with Gasteiger partial charge in [-0.3, -0.25) is 4.79 Å². The zero-order valence-electron chi connectivity index (χ0n) is 8.51. The van der Waals surface area contributed by atoms with Crippen LogP contribution in [0.2, 0.25) is 0 Å². The quantitative estimate of drug-likeness (QED) is 0.641. The van der Waals surface area contributed by atoms with Crippen LogP contribution in [0.3, 0.4) is 0 Å². The van der Waals surface area contributed by atoms with Crippen molar-refractivity contribution in [3.05, 3.63) is 24.3 Å². The van der Waals surface area contributed by atoms with Gasteiger partial charge in [-0.2, -0.15) is 0 Å². The molecule has 0 fully saturated rings. The van der Waals surface area contributed by atoms with Crippen molar-refractivity contribution in [1.82, 2.24) is 10.6 Å². The van der Waals surface area contributed by atoms with E-state index in [0.717, 1.165) is 25.9 Å². The van der Waals surface area contributed by atoms with Crippen molar-refractivity contribution in [2.24, 2.45) is 0 Å². The largest absolute Gasteiger partial charge is 0.352 e. The highest BCUT2D eigenvalue weighted by Gasteiger charge is 2.04. The van der Waals surface area contributed by atoms with Crippen LogP contribution in [0.1, 0.15) is 19.3 Å². The van der Waals surface area contributed by atoms with E-state index in [2.05, 4.69) is 23.3 Å². The molecule has 1 aliphatic heterocycles. The van der Waals surface area contributed by atoms with Crippen molar-refractivity contribution < 1.29 is 4.79 Å². The van der Waals surface area contributed by atoms with Gasteiger partial charge in [0.2, 0.25) is 5.91 Å². The van der Waals surface area contributed by atoms with Gasteiger partial charge in [-0.05, 0) is 19.4 Å². The van der Waals surface area contributed by atoms with Gasteiger partial charge in [0.25, 0.3) is 0 Å². The Morgan fingerprint density at radius 1 is 1.71 bits per heavy atom. The van der Waals surface area contributed by atoms with Gasteiger partial charge >= 0.3 is 0 Å². The zero-order valence-corrected chi connectivity index (χ0v) is 8.51. The van der Waals surface area contributed by atoms with Crippen molar-refractivity contribution in [2.75, 3.05) is 19.6 Å². The lowest BCUT2D eigenvalue weighted by molar-refractivity contribution is -0.120. The molecule has 1 amide bonds. The summed E-state index contributed by atoms with van der Waals surface area (Å²) in [6.07, 6.45) is 6.27. The van der Waals surface area contributed by atoms with Gasteiger partial charge in [-0.1, -0.05) is 17.7 Å². The first-order chi connectivity index (χ1) is 6.83. The highest BCUT2D eigenvalue weighted by molar-refractivity contribution is 5.76. The fourth-order valence-corrected chi connectivity index (χ4v) is 1.36. The van der Waals surface area contributed by atoms with Crippen molar-refractivity contribution >= 4 is 5.91 Å². The molecule has 0 spiro atoms.